The molecule has 1 aromatic heterocycles. The zero-order valence-corrected chi connectivity index (χ0v) is 10.9. The third-order valence-electron chi connectivity index (χ3n) is 2.15. The maximum absolute atomic E-state index is 12.1. The molecule has 0 bridgehead atoms. The largest absolute Gasteiger partial charge is 0.391 e. The van der Waals surface area contributed by atoms with E-state index in [-0.39, 0.29) is 18.0 Å². The first-order chi connectivity index (χ1) is 7.43. The van der Waals surface area contributed by atoms with Crippen molar-refractivity contribution in [1.29, 1.82) is 0 Å². The summed E-state index contributed by atoms with van der Waals surface area (Å²) in [6.07, 6.45) is 1.53. The van der Waals surface area contributed by atoms with Crippen LogP contribution >= 0.6 is 11.3 Å². The lowest BCUT2D eigenvalue weighted by molar-refractivity contribution is 0.285. The van der Waals surface area contributed by atoms with Crippen LogP contribution in [0.2, 0.25) is 0 Å². The fraction of sp³-hybridized carbons (Fsp3) is 0.400. The van der Waals surface area contributed by atoms with E-state index in [9.17, 15) is 8.42 Å². The van der Waals surface area contributed by atoms with Gasteiger partial charge in [0.1, 0.15) is 0 Å². The molecular weight excluding hydrogens is 246 g/mol. The quantitative estimate of drug-likeness (QED) is 0.814. The van der Waals surface area contributed by atoms with E-state index in [1.165, 1.54) is 34.8 Å². The SMILES string of the molecule is C=CCN(C)S(=O)(=O)c1cc(CO)sc1C. The topological polar surface area (TPSA) is 57.6 Å². The number of likely N-dealkylation sites (N-methyl/N-ethyl adjacent to an activating group) is 1. The Balaban J connectivity index is 3.16. The van der Waals surface area contributed by atoms with E-state index in [4.69, 9.17) is 5.11 Å². The number of thiophene rings is 1. The van der Waals surface area contributed by atoms with Crippen LogP contribution in [0.4, 0.5) is 0 Å². The molecule has 1 rings (SSSR count). The number of aliphatic hydroxyl groups excluding tert-OH is 1. The van der Waals surface area contributed by atoms with Crippen LogP contribution in [-0.2, 0) is 16.6 Å². The molecule has 0 aliphatic heterocycles. The van der Waals surface area contributed by atoms with Gasteiger partial charge >= 0.3 is 0 Å². The van der Waals surface area contributed by atoms with Crippen molar-refractivity contribution in [3.8, 4) is 0 Å². The number of hydrogen-bond acceptors (Lipinski definition) is 4. The summed E-state index contributed by atoms with van der Waals surface area (Å²) >= 11 is 1.30. The van der Waals surface area contributed by atoms with Gasteiger partial charge in [-0.3, -0.25) is 0 Å². The summed E-state index contributed by atoms with van der Waals surface area (Å²) in [5.74, 6) is 0. The van der Waals surface area contributed by atoms with Crippen LogP contribution in [0.1, 0.15) is 9.75 Å². The second-order valence-electron chi connectivity index (χ2n) is 3.37. The molecule has 1 N–H and O–H groups in total. The molecule has 4 nitrogen and oxygen atoms in total. The fourth-order valence-electron chi connectivity index (χ4n) is 1.31. The Bertz CT molecular complexity index is 476. The van der Waals surface area contributed by atoms with Gasteiger partial charge in [-0.05, 0) is 13.0 Å². The van der Waals surface area contributed by atoms with Gasteiger partial charge in [-0.25, -0.2) is 8.42 Å². The number of aryl methyl sites for hydroxylation is 1. The van der Waals surface area contributed by atoms with Gasteiger partial charge in [0.25, 0.3) is 0 Å². The molecule has 6 heteroatoms. The third-order valence-corrected chi connectivity index (χ3v) is 5.27. The summed E-state index contributed by atoms with van der Waals surface area (Å²) in [5.41, 5.74) is 0. The first-order valence-corrected chi connectivity index (χ1v) is 6.96. The molecule has 0 saturated heterocycles. The predicted molar refractivity (Wildman–Crippen MR) is 65.0 cm³/mol. The fourth-order valence-corrected chi connectivity index (χ4v) is 3.91. The predicted octanol–water partition coefficient (Wildman–Crippen LogP) is 1.36. The summed E-state index contributed by atoms with van der Waals surface area (Å²) in [4.78, 5) is 1.62. The van der Waals surface area contributed by atoms with Gasteiger partial charge in [-0.2, -0.15) is 4.31 Å². The standard InChI is InChI=1S/C10H15NO3S2/c1-4-5-11(3)16(13,14)10-6-9(7-12)15-8(10)2/h4,6,12H,1,5,7H2,2-3H3. The maximum atomic E-state index is 12.1. The molecule has 0 saturated carbocycles. The minimum absolute atomic E-state index is 0.133. The second kappa shape index (κ2) is 5.09. The van der Waals surface area contributed by atoms with E-state index in [2.05, 4.69) is 6.58 Å². The van der Waals surface area contributed by atoms with Crippen LogP contribution in [0.15, 0.2) is 23.6 Å². The van der Waals surface area contributed by atoms with E-state index in [1.807, 2.05) is 0 Å². The Hall–Kier alpha value is -0.690. The first kappa shape index (κ1) is 13.4. The molecule has 0 spiro atoms. The van der Waals surface area contributed by atoms with Gasteiger partial charge in [0, 0.05) is 23.3 Å². The highest BCUT2D eigenvalue weighted by atomic mass is 32.2. The molecule has 0 fully saturated rings. The summed E-state index contributed by atoms with van der Waals surface area (Å²) < 4.78 is 25.4. The van der Waals surface area contributed by atoms with E-state index in [0.29, 0.717) is 9.75 Å². The maximum Gasteiger partial charge on any atom is 0.244 e. The number of sulfonamides is 1. The van der Waals surface area contributed by atoms with Gasteiger partial charge in [-0.15, -0.1) is 17.9 Å². The average molecular weight is 261 g/mol. The summed E-state index contributed by atoms with van der Waals surface area (Å²) in [5, 5.41) is 8.97. The Kier molecular flexibility index (Phi) is 4.26. The molecule has 0 atom stereocenters. The Morgan fingerprint density at radius 3 is 2.69 bits per heavy atom. The van der Waals surface area contributed by atoms with Crippen molar-refractivity contribution in [1.82, 2.24) is 4.31 Å². The molecule has 0 aromatic carbocycles. The van der Waals surface area contributed by atoms with Crippen LogP contribution in [0, 0.1) is 6.92 Å². The summed E-state index contributed by atoms with van der Waals surface area (Å²) in [7, 11) is -1.95. The van der Waals surface area contributed by atoms with Crippen molar-refractivity contribution in [2.24, 2.45) is 0 Å². The Labute approximate surface area is 99.9 Å². The molecule has 0 aliphatic rings. The van der Waals surface area contributed by atoms with Gasteiger partial charge in [0.2, 0.25) is 10.0 Å². The van der Waals surface area contributed by atoms with E-state index >= 15 is 0 Å². The summed E-state index contributed by atoms with van der Waals surface area (Å²) in [6, 6.07) is 1.52. The number of nitrogens with zero attached hydrogens (tertiary/aromatic N) is 1. The zero-order valence-electron chi connectivity index (χ0n) is 9.30. The van der Waals surface area contributed by atoms with Crippen molar-refractivity contribution in [2.45, 2.75) is 18.4 Å². The van der Waals surface area contributed by atoms with Crippen LogP contribution in [0.3, 0.4) is 0 Å². The Morgan fingerprint density at radius 2 is 2.25 bits per heavy atom. The highest BCUT2D eigenvalue weighted by molar-refractivity contribution is 7.89. The molecule has 0 unspecified atom stereocenters. The minimum atomic E-state index is -3.46. The van der Waals surface area contributed by atoms with Crippen molar-refractivity contribution in [3.05, 3.63) is 28.5 Å². The van der Waals surface area contributed by atoms with Gasteiger partial charge in [0.15, 0.2) is 0 Å². The first-order valence-electron chi connectivity index (χ1n) is 4.71. The van der Waals surface area contributed by atoms with Crippen LogP contribution in [0.5, 0.6) is 0 Å². The number of rotatable bonds is 5. The molecule has 1 heterocycles. The lowest BCUT2D eigenvalue weighted by Crippen LogP contribution is -2.27. The third kappa shape index (κ3) is 2.52. The lowest BCUT2D eigenvalue weighted by atomic mass is 10.4. The smallest absolute Gasteiger partial charge is 0.244 e. The highest BCUT2D eigenvalue weighted by Gasteiger charge is 2.23. The van der Waals surface area contributed by atoms with Crippen molar-refractivity contribution < 1.29 is 13.5 Å². The molecule has 16 heavy (non-hydrogen) atoms. The molecule has 1 aromatic rings. The van der Waals surface area contributed by atoms with Gasteiger partial charge in [0.05, 0.1) is 11.5 Å². The van der Waals surface area contributed by atoms with Crippen LogP contribution in [0.25, 0.3) is 0 Å². The number of aliphatic hydroxyl groups is 1. The Morgan fingerprint density at radius 1 is 1.62 bits per heavy atom. The van der Waals surface area contributed by atoms with Crippen LogP contribution in [-0.4, -0.2) is 31.4 Å². The highest BCUT2D eigenvalue weighted by Crippen LogP contribution is 2.27. The molecule has 90 valence electrons. The molecule has 0 aliphatic carbocycles. The lowest BCUT2D eigenvalue weighted by Gasteiger charge is -2.14. The monoisotopic (exact) mass is 261 g/mol. The zero-order chi connectivity index (χ0) is 12.3. The van der Waals surface area contributed by atoms with Crippen molar-refractivity contribution in [3.63, 3.8) is 0 Å². The molecule has 0 amide bonds. The van der Waals surface area contributed by atoms with Gasteiger partial charge in [-0.1, -0.05) is 6.08 Å². The van der Waals surface area contributed by atoms with Crippen molar-refractivity contribution in [2.75, 3.05) is 13.6 Å². The molecule has 0 radical (unpaired) electrons. The van der Waals surface area contributed by atoms with Gasteiger partial charge < -0.3 is 5.11 Å². The van der Waals surface area contributed by atoms with E-state index < -0.39 is 10.0 Å². The van der Waals surface area contributed by atoms with E-state index in [1.54, 1.807) is 6.92 Å². The van der Waals surface area contributed by atoms with E-state index in [0.717, 1.165) is 0 Å². The number of hydrogen-bond donors (Lipinski definition) is 1. The second-order valence-corrected chi connectivity index (χ2v) is 6.72. The molecular formula is C10H15NO3S2. The average Bonchev–Trinajstić information content (AvgIpc) is 2.60. The normalized spacial score (nSPS) is 12.0. The van der Waals surface area contributed by atoms with Crippen molar-refractivity contribution >= 4 is 21.4 Å². The minimum Gasteiger partial charge on any atom is -0.391 e. The van der Waals surface area contributed by atoms with Crippen LogP contribution < -0.4 is 0 Å². The summed E-state index contributed by atoms with van der Waals surface area (Å²) in [6.45, 7) is 5.38.